The third-order valence-corrected chi connectivity index (χ3v) is 2.44. The maximum Gasteiger partial charge on any atom is 0.244 e. The van der Waals surface area contributed by atoms with Gasteiger partial charge in [0.25, 0.3) is 0 Å². The van der Waals surface area contributed by atoms with Crippen molar-refractivity contribution in [1.82, 2.24) is 14.7 Å². The first-order chi connectivity index (χ1) is 7.25. The van der Waals surface area contributed by atoms with Gasteiger partial charge in [0.1, 0.15) is 6.54 Å². The summed E-state index contributed by atoms with van der Waals surface area (Å²) in [5, 5.41) is 4.18. The minimum absolute atomic E-state index is 0.112. The number of carbonyl (C=O) groups excluding carboxylic acids is 1. The lowest BCUT2D eigenvalue weighted by atomic mass is 10.4. The average Bonchev–Trinajstić information content (AvgIpc) is 2.65. The molecule has 2 rings (SSSR count). The fourth-order valence-electron chi connectivity index (χ4n) is 1.60. The summed E-state index contributed by atoms with van der Waals surface area (Å²) in [6.45, 7) is 4.91. The molecule has 1 saturated heterocycles. The van der Waals surface area contributed by atoms with Gasteiger partial charge in [0, 0.05) is 19.3 Å². The van der Waals surface area contributed by atoms with Gasteiger partial charge in [-0.3, -0.25) is 9.48 Å². The first-order valence-corrected chi connectivity index (χ1v) is 5.11. The molecule has 2 heterocycles. The summed E-state index contributed by atoms with van der Waals surface area (Å²) in [7, 11) is 0. The van der Waals surface area contributed by atoms with Gasteiger partial charge in [-0.2, -0.15) is 5.10 Å². The van der Waals surface area contributed by atoms with Gasteiger partial charge in [0.15, 0.2) is 0 Å². The van der Waals surface area contributed by atoms with Crippen LogP contribution in [0, 0.1) is 6.92 Å². The van der Waals surface area contributed by atoms with E-state index in [0.717, 1.165) is 5.69 Å². The number of ether oxygens (including phenoxy) is 1. The number of rotatable bonds is 2. The third-order valence-electron chi connectivity index (χ3n) is 2.44. The zero-order chi connectivity index (χ0) is 10.7. The lowest BCUT2D eigenvalue weighted by Crippen LogP contribution is -2.42. The van der Waals surface area contributed by atoms with E-state index in [9.17, 15) is 4.79 Å². The quantitative estimate of drug-likeness (QED) is 0.691. The Morgan fingerprint density at radius 2 is 2.27 bits per heavy atom. The minimum Gasteiger partial charge on any atom is -0.378 e. The van der Waals surface area contributed by atoms with Gasteiger partial charge in [-0.25, -0.2) is 0 Å². The number of nitrogens with zero attached hydrogens (tertiary/aromatic N) is 3. The van der Waals surface area contributed by atoms with Crippen molar-refractivity contribution in [3.63, 3.8) is 0 Å². The van der Waals surface area contributed by atoms with Crippen LogP contribution in [0.4, 0.5) is 0 Å². The van der Waals surface area contributed by atoms with Crippen LogP contribution in [0.3, 0.4) is 0 Å². The van der Waals surface area contributed by atoms with Crippen molar-refractivity contribution >= 4 is 5.91 Å². The second-order valence-electron chi connectivity index (χ2n) is 3.65. The highest BCUT2D eigenvalue weighted by atomic mass is 16.5. The summed E-state index contributed by atoms with van der Waals surface area (Å²) < 4.78 is 6.86. The van der Waals surface area contributed by atoms with Crippen LogP contribution >= 0.6 is 0 Å². The Hall–Kier alpha value is -1.36. The number of carbonyl (C=O) groups is 1. The number of aromatic nitrogens is 2. The standard InChI is InChI=1S/C10H15N3O2/c1-9-2-3-13(11-9)8-10(14)12-4-6-15-7-5-12/h2-3H,4-8H2,1H3. The highest BCUT2D eigenvalue weighted by Gasteiger charge is 2.16. The molecule has 0 aliphatic carbocycles. The van der Waals surface area contributed by atoms with Crippen molar-refractivity contribution in [3.8, 4) is 0 Å². The summed E-state index contributed by atoms with van der Waals surface area (Å²) in [5.74, 6) is 0.112. The van der Waals surface area contributed by atoms with E-state index >= 15 is 0 Å². The van der Waals surface area contributed by atoms with E-state index in [1.54, 1.807) is 4.68 Å². The molecule has 0 bridgehead atoms. The maximum absolute atomic E-state index is 11.8. The van der Waals surface area contributed by atoms with Gasteiger partial charge in [0.2, 0.25) is 5.91 Å². The van der Waals surface area contributed by atoms with Crippen LogP contribution in [0.25, 0.3) is 0 Å². The summed E-state index contributed by atoms with van der Waals surface area (Å²) >= 11 is 0. The summed E-state index contributed by atoms with van der Waals surface area (Å²) in [5.41, 5.74) is 0.935. The molecule has 0 spiro atoms. The Balaban J connectivity index is 1.91. The molecule has 5 heteroatoms. The van der Waals surface area contributed by atoms with E-state index in [1.807, 2.05) is 24.1 Å². The smallest absolute Gasteiger partial charge is 0.244 e. The molecule has 0 saturated carbocycles. The molecule has 1 aromatic rings. The number of morpholine rings is 1. The number of aryl methyl sites for hydroxylation is 1. The van der Waals surface area contributed by atoms with Crippen LogP contribution in [0.5, 0.6) is 0 Å². The van der Waals surface area contributed by atoms with E-state index in [-0.39, 0.29) is 5.91 Å². The van der Waals surface area contributed by atoms with Gasteiger partial charge in [-0.05, 0) is 13.0 Å². The Labute approximate surface area is 88.6 Å². The van der Waals surface area contributed by atoms with E-state index in [1.165, 1.54) is 0 Å². The van der Waals surface area contributed by atoms with Crippen LogP contribution in [0.1, 0.15) is 5.69 Å². The molecule has 1 aromatic heterocycles. The van der Waals surface area contributed by atoms with E-state index in [2.05, 4.69) is 5.10 Å². The molecular formula is C10H15N3O2. The molecule has 1 fully saturated rings. The molecule has 1 amide bonds. The number of hydrogen-bond donors (Lipinski definition) is 0. The van der Waals surface area contributed by atoms with Gasteiger partial charge in [-0.15, -0.1) is 0 Å². The van der Waals surface area contributed by atoms with Crippen LogP contribution in [-0.2, 0) is 16.1 Å². The molecule has 0 unspecified atom stereocenters. The topological polar surface area (TPSA) is 47.4 Å². The van der Waals surface area contributed by atoms with Crippen molar-refractivity contribution in [3.05, 3.63) is 18.0 Å². The highest BCUT2D eigenvalue weighted by Crippen LogP contribution is 2.00. The van der Waals surface area contributed by atoms with Gasteiger partial charge in [-0.1, -0.05) is 0 Å². The predicted octanol–water partition coefficient (Wildman–Crippen LogP) is 0.0503. The van der Waals surface area contributed by atoms with Crippen molar-refractivity contribution < 1.29 is 9.53 Å². The lowest BCUT2D eigenvalue weighted by molar-refractivity contribution is -0.136. The predicted molar refractivity (Wildman–Crippen MR) is 54.4 cm³/mol. The first kappa shape index (κ1) is 10.2. The summed E-state index contributed by atoms with van der Waals surface area (Å²) in [6, 6.07) is 1.90. The molecule has 82 valence electrons. The largest absolute Gasteiger partial charge is 0.378 e. The molecule has 1 aliphatic rings. The second kappa shape index (κ2) is 4.44. The molecule has 15 heavy (non-hydrogen) atoms. The molecule has 0 atom stereocenters. The number of hydrogen-bond acceptors (Lipinski definition) is 3. The minimum atomic E-state index is 0.112. The maximum atomic E-state index is 11.8. The van der Waals surface area contributed by atoms with Crippen LogP contribution < -0.4 is 0 Å². The Morgan fingerprint density at radius 3 is 2.87 bits per heavy atom. The van der Waals surface area contributed by atoms with Gasteiger partial charge >= 0.3 is 0 Å². The van der Waals surface area contributed by atoms with Gasteiger partial charge in [0.05, 0.1) is 18.9 Å². The molecule has 0 aromatic carbocycles. The lowest BCUT2D eigenvalue weighted by Gasteiger charge is -2.26. The zero-order valence-electron chi connectivity index (χ0n) is 8.85. The fraction of sp³-hybridized carbons (Fsp3) is 0.600. The normalized spacial score (nSPS) is 16.7. The Morgan fingerprint density at radius 1 is 1.53 bits per heavy atom. The van der Waals surface area contributed by atoms with E-state index < -0.39 is 0 Å². The van der Waals surface area contributed by atoms with Crippen molar-refractivity contribution in [2.45, 2.75) is 13.5 Å². The van der Waals surface area contributed by atoms with E-state index in [0.29, 0.717) is 32.8 Å². The third kappa shape index (κ3) is 2.56. The molecule has 1 aliphatic heterocycles. The van der Waals surface area contributed by atoms with Crippen LogP contribution in [-0.4, -0.2) is 46.9 Å². The molecule has 0 N–H and O–H groups in total. The average molecular weight is 209 g/mol. The highest BCUT2D eigenvalue weighted by molar-refractivity contribution is 5.75. The Kier molecular flexibility index (Phi) is 3.01. The Bertz CT molecular complexity index is 342. The molecule has 0 radical (unpaired) electrons. The van der Waals surface area contributed by atoms with Gasteiger partial charge < -0.3 is 9.64 Å². The monoisotopic (exact) mass is 209 g/mol. The van der Waals surface area contributed by atoms with Crippen LogP contribution in [0.15, 0.2) is 12.3 Å². The zero-order valence-corrected chi connectivity index (χ0v) is 8.85. The molecule has 5 nitrogen and oxygen atoms in total. The summed E-state index contributed by atoms with van der Waals surface area (Å²) in [4.78, 5) is 13.6. The SMILES string of the molecule is Cc1ccn(CC(=O)N2CCOCC2)n1. The number of amides is 1. The first-order valence-electron chi connectivity index (χ1n) is 5.11. The summed E-state index contributed by atoms with van der Waals surface area (Å²) in [6.07, 6.45) is 1.83. The molecular weight excluding hydrogens is 194 g/mol. The van der Waals surface area contributed by atoms with Crippen LogP contribution in [0.2, 0.25) is 0 Å². The van der Waals surface area contributed by atoms with E-state index in [4.69, 9.17) is 4.74 Å². The van der Waals surface area contributed by atoms with Crippen molar-refractivity contribution in [2.24, 2.45) is 0 Å². The fourth-order valence-corrected chi connectivity index (χ4v) is 1.60. The van der Waals surface area contributed by atoms with Crippen molar-refractivity contribution in [2.75, 3.05) is 26.3 Å². The van der Waals surface area contributed by atoms with Crippen molar-refractivity contribution in [1.29, 1.82) is 0 Å². The second-order valence-corrected chi connectivity index (χ2v) is 3.65.